The van der Waals surface area contributed by atoms with Crippen LogP contribution in [0.2, 0.25) is 20.1 Å². The van der Waals surface area contributed by atoms with Gasteiger partial charge >= 0.3 is 0 Å². The summed E-state index contributed by atoms with van der Waals surface area (Å²) in [4.78, 5) is 12.2. The van der Waals surface area contributed by atoms with Crippen molar-refractivity contribution in [3.05, 3.63) is 67.6 Å². The van der Waals surface area contributed by atoms with Crippen LogP contribution in [0, 0.1) is 0 Å². The van der Waals surface area contributed by atoms with Gasteiger partial charge in [-0.2, -0.15) is 0 Å². The molecule has 0 atom stereocenters. The van der Waals surface area contributed by atoms with E-state index in [4.69, 9.17) is 46.4 Å². The lowest BCUT2D eigenvalue weighted by Crippen LogP contribution is -1.99. The highest BCUT2D eigenvalue weighted by Crippen LogP contribution is 2.32. The van der Waals surface area contributed by atoms with E-state index in [9.17, 15) is 15.0 Å². The summed E-state index contributed by atoms with van der Waals surface area (Å²) < 4.78 is 0. The zero-order valence-electron chi connectivity index (χ0n) is 10.8. The fraction of sp³-hybridized carbons (Fsp3) is 0. The Morgan fingerprint density at radius 3 is 2.18 bits per heavy atom. The Balaban J connectivity index is 2.42. The minimum Gasteiger partial charge on any atom is -0.507 e. The predicted octanol–water partition coefficient (Wildman–Crippen LogP) is 5.79. The van der Waals surface area contributed by atoms with Crippen LogP contribution in [0.15, 0.2) is 36.4 Å². The number of carbonyl (C=O) groups is 1. The van der Waals surface area contributed by atoms with Crippen molar-refractivity contribution in [3.63, 3.8) is 0 Å². The molecule has 0 unspecified atom stereocenters. The highest BCUT2D eigenvalue weighted by molar-refractivity contribution is 6.38. The monoisotopic (exact) mass is 376 g/mol. The number of ketones is 1. The number of hydrogen-bond donors (Lipinski definition) is 2. The fourth-order valence-corrected chi connectivity index (χ4v) is 2.86. The minimum absolute atomic E-state index is 0.0266. The van der Waals surface area contributed by atoms with Gasteiger partial charge in [-0.3, -0.25) is 4.79 Å². The van der Waals surface area contributed by atoms with E-state index >= 15 is 0 Å². The Kier molecular flexibility index (Phi) is 5.24. The summed E-state index contributed by atoms with van der Waals surface area (Å²) >= 11 is 23.3. The van der Waals surface area contributed by atoms with Crippen molar-refractivity contribution in [3.8, 4) is 5.75 Å². The number of rotatable bonds is 3. The first kappa shape index (κ1) is 17.0. The number of halogens is 4. The molecule has 0 aliphatic heterocycles. The number of phenols is 1. The van der Waals surface area contributed by atoms with E-state index in [2.05, 4.69) is 0 Å². The van der Waals surface area contributed by atoms with Crippen molar-refractivity contribution in [2.75, 3.05) is 0 Å². The van der Waals surface area contributed by atoms with E-state index in [1.807, 2.05) is 0 Å². The molecule has 0 saturated heterocycles. The normalized spacial score (nSPS) is 11.5. The van der Waals surface area contributed by atoms with E-state index < -0.39 is 5.78 Å². The molecule has 3 nitrogen and oxygen atoms in total. The third kappa shape index (κ3) is 3.68. The van der Waals surface area contributed by atoms with Gasteiger partial charge in [-0.25, -0.2) is 0 Å². The first-order chi connectivity index (χ1) is 10.3. The molecule has 0 fully saturated rings. The van der Waals surface area contributed by atoms with Gasteiger partial charge in [0.15, 0.2) is 5.78 Å². The van der Waals surface area contributed by atoms with Crippen LogP contribution in [0.1, 0.15) is 15.9 Å². The zero-order chi connectivity index (χ0) is 16.4. The molecule has 0 aromatic heterocycles. The highest BCUT2D eigenvalue weighted by Gasteiger charge is 2.17. The Morgan fingerprint density at radius 1 is 0.955 bits per heavy atom. The van der Waals surface area contributed by atoms with Crippen LogP contribution in [-0.4, -0.2) is 16.0 Å². The van der Waals surface area contributed by atoms with Gasteiger partial charge in [-0.15, -0.1) is 0 Å². The predicted molar refractivity (Wildman–Crippen MR) is 89.5 cm³/mol. The summed E-state index contributed by atoms with van der Waals surface area (Å²) in [6.45, 7) is 0. The molecule has 0 aliphatic carbocycles. The summed E-state index contributed by atoms with van der Waals surface area (Å²) in [6, 6.07) is 6.91. The fourth-order valence-electron chi connectivity index (χ4n) is 1.78. The Hall–Kier alpha value is -1.39. The summed E-state index contributed by atoms with van der Waals surface area (Å²) in [6.07, 6.45) is 0.907. The molecular formula is C15H8Cl4O3. The lowest BCUT2D eigenvalue weighted by Gasteiger charge is -2.06. The van der Waals surface area contributed by atoms with Gasteiger partial charge in [0.2, 0.25) is 0 Å². The highest BCUT2D eigenvalue weighted by atomic mass is 35.5. The summed E-state index contributed by atoms with van der Waals surface area (Å²) in [5.41, 5.74) is 0.0618. The average molecular weight is 378 g/mol. The molecule has 2 aromatic carbocycles. The van der Waals surface area contributed by atoms with E-state index in [0.29, 0.717) is 5.02 Å². The molecule has 0 spiro atoms. The molecule has 22 heavy (non-hydrogen) atoms. The maximum Gasteiger partial charge on any atom is 0.194 e. The van der Waals surface area contributed by atoms with Gasteiger partial charge in [0.25, 0.3) is 0 Å². The smallest absolute Gasteiger partial charge is 0.194 e. The Bertz CT molecular complexity index is 761. The van der Waals surface area contributed by atoms with Gasteiger partial charge in [-0.1, -0.05) is 46.4 Å². The van der Waals surface area contributed by atoms with Crippen LogP contribution in [0.3, 0.4) is 0 Å². The van der Waals surface area contributed by atoms with Gasteiger partial charge in [0.05, 0.1) is 15.6 Å². The number of allylic oxidation sites excluding steroid dienone is 1. The molecule has 7 heteroatoms. The Morgan fingerprint density at radius 2 is 1.59 bits per heavy atom. The molecule has 0 aliphatic rings. The molecule has 114 valence electrons. The molecule has 2 N–H and O–H groups in total. The van der Waals surface area contributed by atoms with Crippen LogP contribution < -0.4 is 0 Å². The third-order valence-electron chi connectivity index (χ3n) is 2.76. The molecule has 2 rings (SSSR count). The maximum atomic E-state index is 12.2. The number of aromatic hydroxyl groups is 1. The molecule has 0 bridgehead atoms. The summed E-state index contributed by atoms with van der Waals surface area (Å²) in [7, 11) is 0. The molecule has 0 radical (unpaired) electrons. The number of carbonyl (C=O) groups excluding carboxylic acids is 1. The molecule has 0 saturated carbocycles. The van der Waals surface area contributed by atoms with Crippen LogP contribution in [0.4, 0.5) is 0 Å². The van der Waals surface area contributed by atoms with Gasteiger partial charge < -0.3 is 10.2 Å². The van der Waals surface area contributed by atoms with Crippen molar-refractivity contribution in [2.45, 2.75) is 0 Å². The second kappa shape index (κ2) is 6.80. The first-order valence-corrected chi connectivity index (χ1v) is 7.39. The second-order valence-electron chi connectivity index (χ2n) is 4.30. The minimum atomic E-state index is -0.692. The first-order valence-electron chi connectivity index (χ1n) is 5.88. The lowest BCUT2D eigenvalue weighted by molar-refractivity contribution is 0.104. The van der Waals surface area contributed by atoms with Gasteiger partial charge in [0.1, 0.15) is 11.5 Å². The van der Waals surface area contributed by atoms with Crippen molar-refractivity contribution in [1.29, 1.82) is 0 Å². The lowest BCUT2D eigenvalue weighted by atomic mass is 10.1. The molecule has 0 heterocycles. The van der Waals surface area contributed by atoms with Crippen LogP contribution >= 0.6 is 46.4 Å². The van der Waals surface area contributed by atoms with Crippen molar-refractivity contribution in [1.82, 2.24) is 0 Å². The molecular weight excluding hydrogens is 370 g/mol. The largest absolute Gasteiger partial charge is 0.507 e. The van der Waals surface area contributed by atoms with E-state index in [1.165, 1.54) is 30.3 Å². The quantitative estimate of drug-likeness (QED) is 0.404. The Labute approximate surface area is 146 Å². The van der Waals surface area contributed by atoms with Crippen molar-refractivity contribution in [2.24, 2.45) is 0 Å². The van der Waals surface area contributed by atoms with E-state index in [-0.39, 0.29) is 37.7 Å². The number of aliphatic hydroxyl groups excluding tert-OH is 1. The topological polar surface area (TPSA) is 57.5 Å². The summed E-state index contributed by atoms with van der Waals surface area (Å²) in [5, 5.41) is 20.5. The van der Waals surface area contributed by atoms with Crippen LogP contribution in [-0.2, 0) is 0 Å². The van der Waals surface area contributed by atoms with Gasteiger partial charge in [-0.05, 0) is 30.3 Å². The number of benzene rings is 2. The SMILES string of the molecule is O=C(C=C(O)c1ccc(Cl)cc1Cl)c1c(O)cc(Cl)cc1Cl. The van der Waals surface area contributed by atoms with E-state index in [0.717, 1.165) is 6.08 Å². The van der Waals surface area contributed by atoms with Crippen molar-refractivity contribution >= 4 is 57.9 Å². The van der Waals surface area contributed by atoms with E-state index in [1.54, 1.807) is 0 Å². The zero-order valence-corrected chi connectivity index (χ0v) is 13.8. The van der Waals surface area contributed by atoms with Crippen LogP contribution in [0.25, 0.3) is 5.76 Å². The summed E-state index contributed by atoms with van der Waals surface area (Å²) in [5.74, 6) is -1.45. The number of aliphatic hydroxyl groups is 1. The maximum absolute atomic E-state index is 12.2. The van der Waals surface area contributed by atoms with Crippen LogP contribution in [0.5, 0.6) is 5.75 Å². The third-order valence-corrected chi connectivity index (χ3v) is 3.82. The number of hydrogen-bond acceptors (Lipinski definition) is 3. The molecule has 2 aromatic rings. The molecule has 0 amide bonds. The van der Waals surface area contributed by atoms with Crippen molar-refractivity contribution < 1.29 is 15.0 Å². The standard InChI is InChI=1S/C15H8Cl4O3/c16-7-1-2-9(10(18)3-7)12(20)6-14(22)15-11(19)4-8(17)5-13(15)21/h1-6,20-21H. The average Bonchev–Trinajstić information content (AvgIpc) is 2.36. The van der Waals surface area contributed by atoms with Gasteiger partial charge in [0, 0.05) is 21.7 Å². The number of phenolic OH excluding ortho intramolecular Hbond substituents is 1. The second-order valence-corrected chi connectivity index (χ2v) is 5.99.